The maximum Gasteiger partial charge on any atom is 0.129 e. The van der Waals surface area contributed by atoms with Crippen molar-refractivity contribution in [3.63, 3.8) is 0 Å². The van der Waals surface area contributed by atoms with Gasteiger partial charge in [-0.05, 0) is 37.5 Å². The molecule has 0 spiro atoms. The van der Waals surface area contributed by atoms with Crippen molar-refractivity contribution in [3.8, 4) is 0 Å². The van der Waals surface area contributed by atoms with Crippen molar-refractivity contribution < 1.29 is 13.9 Å². The Labute approximate surface area is 95.4 Å². The van der Waals surface area contributed by atoms with Crippen LogP contribution in [0.1, 0.15) is 31.7 Å². The number of ketones is 1. The molecule has 1 rings (SSSR count). The van der Waals surface area contributed by atoms with Gasteiger partial charge < -0.3 is 9.53 Å². The average molecular weight is 224 g/mol. The molecule has 0 unspecified atom stereocenters. The monoisotopic (exact) mass is 224 g/mol. The Kier molecular flexibility index (Phi) is 5.72. The first kappa shape index (κ1) is 12.8. The van der Waals surface area contributed by atoms with Gasteiger partial charge in [-0.15, -0.1) is 0 Å². The van der Waals surface area contributed by atoms with E-state index in [1.807, 2.05) is 0 Å². The van der Waals surface area contributed by atoms with Gasteiger partial charge in [0, 0.05) is 13.0 Å². The second-order valence-corrected chi connectivity index (χ2v) is 3.84. The van der Waals surface area contributed by atoms with E-state index in [1.54, 1.807) is 19.1 Å². The molecule has 0 aliphatic heterocycles. The highest BCUT2D eigenvalue weighted by Crippen LogP contribution is 2.05. The lowest BCUT2D eigenvalue weighted by Crippen LogP contribution is -1.97. The van der Waals surface area contributed by atoms with Crippen LogP contribution in [0.2, 0.25) is 0 Å². The Hall–Kier alpha value is -1.22. The van der Waals surface area contributed by atoms with Crippen LogP contribution in [-0.4, -0.2) is 12.4 Å². The van der Waals surface area contributed by atoms with Gasteiger partial charge >= 0.3 is 0 Å². The van der Waals surface area contributed by atoms with Crippen LogP contribution in [0.25, 0.3) is 0 Å². The van der Waals surface area contributed by atoms with Crippen molar-refractivity contribution in [1.29, 1.82) is 0 Å². The zero-order chi connectivity index (χ0) is 11.8. The van der Waals surface area contributed by atoms with Crippen molar-refractivity contribution >= 4 is 5.78 Å². The van der Waals surface area contributed by atoms with E-state index in [2.05, 4.69) is 0 Å². The highest BCUT2D eigenvalue weighted by Gasteiger charge is 1.96. The lowest BCUT2D eigenvalue weighted by Gasteiger charge is -2.03. The van der Waals surface area contributed by atoms with E-state index in [4.69, 9.17) is 4.74 Å². The topological polar surface area (TPSA) is 26.3 Å². The molecule has 0 aliphatic rings. The van der Waals surface area contributed by atoms with Crippen LogP contribution in [0.3, 0.4) is 0 Å². The van der Waals surface area contributed by atoms with Crippen LogP contribution in [0.4, 0.5) is 4.39 Å². The summed E-state index contributed by atoms with van der Waals surface area (Å²) >= 11 is 0. The number of ether oxygens (including phenoxy) is 1. The molecule has 0 saturated heterocycles. The van der Waals surface area contributed by atoms with Gasteiger partial charge in [0.05, 0.1) is 6.61 Å². The Morgan fingerprint density at radius 2 is 1.94 bits per heavy atom. The third-order valence-electron chi connectivity index (χ3n) is 2.25. The SMILES string of the molecule is CC(=O)CCCCOCc1ccc(F)cc1. The van der Waals surface area contributed by atoms with Crippen LogP contribution in [0.5, 0.6) is 0 Å². The summed E-state index contributed by atoms with van der Waals surface area (Å²) in [5.74, 6) is -0.0104. The van der Waals surface area contributed by atoms with Crippen molar-refractivity contribution in [2.24, 2.45) is 0 Å². The van der Waals surface area contributed by atoms with E-state index in [1.165, 1.54) is 12.1 Å². The second kappa shape index (κ2) is 7.12. The summed E-state index contributed by atoms with van der Waals surface area (Å²) in [6, 6.07) is 6.28. The smallest absolute Gasteiger partial charge is 0.129 e. The molecule has 0 N–H and O–H groups in total. The lowest BCUT2D eigenvalue weighted by atomic mass is 10.2. The summed E-state index contributed by atoms with van der Waals surface area (Å²) in [5, 5.41) is 0. The molecule has 0 radical (unpaired) electrons. The number of Topliss-reactive ketones (excluding diaryl/α,β-unsaturated/α-hetero) is 1. The maximum absolute atomic E-state index is 12.6. The Balaban J connectivity index is 2.07. The lowest BCUT2D eigenvalue weighted by molar-refractivity contribution is -0.117. The number of rotatable bonds is 7. The van der Waals surface area contributed by atoms with Gasteiger partial charge in [-0.2, -0.15) is 0 Å². The van der Waals surface area contributed by atoms with E-state index in [9.17, 15) is 9.18 Å². The van der Waals surface area contributed by atoms with Gasteiger partial charge in [-0.1, -0.05) is 12.1 Å². The third kappa shape index (κ3) is 5.61. The Morgan fingerprint density at radius 1 is 1.25 bits per heavy atom. The molecule has 88 valence electrons. The fourth-order valence-corrected chi connectivity index (χ4v) is 1.35. The van der Waals surface area contributed by atoms with Gasteiger partial charge in [0.25, 0.3) is 0 Å². The molecular weight excluding hydrogens is 207 g/mol. The molecule has 0 heterocycles. The fourth-order valence-electron chi connectivity index (χ4n) is 1.35. The molecule has 0 atom stereocenters. The van der Waals surface area contributed by atoms with Crippen LogP contribution >= 0.6 is 0 Å². The standard InChI is InChI=1S/C13H17FO2/c1-11(15)4-2-3-9-16-10-12-5-7-13(14)8-6-12/h5-8H,2-4,9-10H2,1H3. The summed E-state index contributed by atoms with van der Waals surface area (Å²) in [6.45, 7) is 2.74. The largest absolute Gasteiger partial charge is 0.377 e. The highest BCUT2D eigenvalue weighted by molar-refractivity contribution is 5.75. The van der Waals surface area contributed by atoms with E-state index in [-0.39, 0.29) is 11.6 Å². The molecule has 2 nitrogen and oxygen atoms in total. The minimum atomic E-state index is -0.231. The summed E-state index contributed by atoms with van der Waals surface area (Å²) in [7, 11) is 0. The average Bonchev–Trinajstić information content (AvgIpc) is 2.25. The molecule has 0 aliphatic carbocycles. The first-order valence-electron chi connectivity index (χ1n) is 5.50. The number of halogens is 1. The molecule has 0 amide bonds. The number of unbranched alkanes of at least 4 members (excludes halogenated alkanes) is 1. The van der Waals surface area contributed by atoms with Crippen LogP contribution in [0, 0.1) is 5.82 Å². The molecule has 3 heteroatoms. The summed E-state index contributed by atoms with van der Waals surface area (Å²) in [5.41, 5.74) is 0.966. The first-order valence-corrected chi connectivity index (χ1v) is 5.50. The summed E-state index contributed by atoms with van der Waals surface area (Å²) in [4.78, 5) is 10.7. The highest BCUT2D eigenvalue weighted by atomic mass is 19.1. The minimum Gasteiger partial charge on any atom is -0.377 e. The van der Waals surface area contributed by atoms with E-state index >= 15 is 0 Å². The molecule has 0 aromatic heterocycles. The normalized spacial score (nSPS) is 10.4. The minimum absolute atomic E-state index is 0.221. The Morgan fingerprint density at radius 3 is 2.56 bits per heavy atom. The second-order valence-electron chi connectivity index (χ2n) is 3.84. The fraction of sp³-hybridized carbons (Fsp3) is 0.462. The quantitative estimate of drug-likeness (QED) is 0.665. The summed E-state index contributed by atoms with van der Waals surface area (Å²) < 4.78 is 18.0. The molecule has 1 aromatic rings. The van der Waals surface area contributed by atoms with Crippen molar-refractivity contribution in [2.45, 2.75) is 32.8 Å². The van der Waals surface area contributed by atoms with Gasteiger partial charge in [0.1, 0.15) is 11.6 Å². The van der Waals surface area contributed by atoms with Crippen molar-refractivity contribution in [3.05, 3.63) is 35.6 Å². The predicted octanol–water partition coefficient (Wildman–Crippen LogP) is 3.10. The van der Waals surface area contributed by atoms with E-state index < -0.39 is 0 Å². The Bertz CT molecular complexity index is 319. The number of hydrogen-bond donors (Lipinski definition) is 0. The van der Waals surface area contributed by atoms with Crippen LogP contribution in [-0.2, 0) is 16.1 Å². The molecule has 0 saturated carbocycles. The zero-order valence-electron chi connectivity index (χ0n) is 9.54. The predicted molar refractivity (Wildman–Crippen MR) is 60.6 cm³/mol. The number of carbonyl (C=O) groups excluding carboxylic acids is 1. The first-order chi connectivity index (χ1) is 7.68. The van der Waals surface area contributed by atoms with E-state index in [0.717, 1.165) is 18.4 Å². The van der Waals surface area contributed by atoms with Crippen molar-refractivity contribution in [1.82, 2.24) is 0 Å². The number of carbonyl (C=O) groups is 1. The number of benzene rings is 1. The van der Waals surface area contributed by atoms with Gasteiger partial charge in [0.15, 0.2) is 0 Å². The van der Waals surface area contributed by atoms with Crippen LogP contribution < -0.4 is 0 Å². The molecular formula is C13H17FO2. The molecule has 16 heavy (non-hydrogen) atoms. The summed E-state index contributed by atoms with van der Waals surface area (Å²) in [6.07, 6.45) is 2.39. The van der Waals surface area contributed by atoms with Crippen LogP contribution in [0.15, 0.2) is 24.3 Å². The molecule has 0 fully saturated rings. The van der Waals surface area contributed by atoms with Gasteiger partial charge in [-0.3, -0.25) is 0 Å². The molecule has 1 aromatic carbocycles. The third-order valence-corrected chi connectivity index (χ3v) is 2.25. The van der Waals surface area contributed by atoms with Gasteiger partial charge in [0.2, 0.25) is 0 Å². The maximum atomic E-state index is 12.6. The molecule has 0 bridgehead atoms. The zero-order valence-corrected chi connectivity index (χ0v) is 9.54. The van der Waals surface area contributed by atoms with Gasteiger partial charge in [-0.25, -0.2) is 4.39 Å². The number of hydrogen-bond acceptors (Lipinski definition) is 2. The van der Waals surface area contributed by atoms with E-state index in [0.29, 0.717) is 19.6 Å². The van der Waals surface area contributed by atoms with Crippen molar-refractivity contribution in [2.75, 3.05) is 6.61 Å².